The van der Waals surface area contributed by atoms with Gasteiger partial charge in [-0.1, -0.05) is 20.3 Å². The molecule has 3 heteroatoms. The van der Waals surface area contributed by atoms with Gasteiger partial charge in [-0.3, -0.25) is 4.79 Å². The SMILES string of the molecule is CCN(CC)CC1CCCC1C(=O)O. The summed E-state index contributed by atoms with van der Waals surface area (Å²) in [6.07, 6.45) is 3.05. The highest BCUT2D eigenvalue weighted by molar-refractivity contribution is 5.70. The van der Waals surface area contributed by atoms with E-state index in [1.54, 1.807) is 0 Å². The highest BCUT2D eigenvalue weighted by Gasteiger charge is 2.33. The molecule has 1 aliphatic rings. The smallest absolute Gasteiger partial charge is 0.306 e. The van der Waals surface area contributed by atoms with Crippen molar-refractivity contribution >= 4 is 5.97 Å². The highest BCUT2D eigenvalue weighted by atomic mass is 16.4. The summed E-state index contributed by atoms with van der Waals surface area (Å²) < 4.78 is 0. The molecule has 1 rings (SSSR count). The van der Waals surface area contributed by atoms with Crippen LogP contribution in [0.3, 0.4) is 0 Å². The molecule has 0 amide bonds. The van der Waals surface area contributed by atoms with Crippen LogP contribution < -0.4 is 0 Å². The van der Waals surface area contributed by atoms with Gasteiger partial charge in [-0.2, -0.15) is 0 Å². The number of nitrogens with zero attached hydrogens (tertiary/aromatic N) is 1. The lowest BCUT2D eigenvalue weighted by Gasteiger charge is -2.24. The van der Waals surface area contributed by atoms with Crippen LogP contribution in [-0.4, -0.2) is 35.6 Å². The number of carboxylic acids is 1. The molecule has 0 aromatic carbocycles. The van der Waals surface area contributed by atoms with Gasteiger partial charge in [0.25, 0.3) is 0 Å². The number of hydrogen-bond acceptors (Lipinski definition) is 2. The zero-order chi connectivity index (χ0) is 10.6. The summed E-state index contributed by atoms with van der Waals surface area (Å²) in [6, 6.07) is 0. The van der Waals surface area contributed by atoms with Crippen molar-refractivity contribution < 1.29 is 9.90 Å². The van der Waals surface area contributed by atoms with Crippen LogP contribution in [0.5, 0.6) is 0 Å². The summed E-state index contributed by atoms with van der Waals surface area (Å²) in [5, 5.41) is 9.02. The Labute approximate surface area is 86.1 Å². The Bertz CT molecular complexity index is 190. The summed E-state index contributed by atoms with van der Waals surface area (Å²) >= 11 is 0. The van der Waals surface area contributed by atoms with Gasteiger partial charge in [-0.15, -0.1) is 0 Å². The van der Waals surface area contributed by atoms with Gasteiger partial charge >= 0.3 is 5.97 Å². The van der Waals surface area contributed by atoms with Crippen molar-refractivity contribution in [1.29, 1.82) is 0 Å². The fraction of sp³-hybridized carbons (Fsp3) is 0.909. The average molecular weight is 199 g/mol. The molecule has 0 heterocycles. The van der Waals surface area contributed by atoms with Crippen LogP contribution in [0.4, 0.5) is 0 Å². The lowest BCUT2D eigenvalue weighted by molar-refractivity contribution is -0.143. The Kier molecular flexibility index (Phi) is 4.39. The molecular weight excluding hydrogens is 178 g/mol. The van der Waals surface area contributed by atoms with Gasteiger partial charge in [0.05, 0.1) is 5.92 Å². The maximum absolute atomic E-state index is 11.0. The quantitative estimate of drug-likeness (QED) is 0.734. The Hall–Kier alpha value is -0.570. The second-order valence-electron chi connectivity index (χ2n) is 4.12. The lowest BCUT2D eigenvalue weighted by Crippen LogP contribution is -2.33. The van der Waals surface area contributed by atoms with E-state index in [4.69, 9.17) is 5.11 Å². The predicted octanol–water partition coefficient (Wildman–Crippen LogP) is 1.83. The fourth-order valence-corrected chi connectivity index (χ4v) is 2.39. The average Bonchev–Trinajstić information content (AvgIpc) is 2.62. The van der Waals surface area contributed by atoms with Crippen molar-refractivity contribution in [1.82, 2.24) is 4.90 Å². The van der Waals surface area contributed by atoms with E-state index in [0.717, 1.165) is 38.9 Å². The van der Waals surface area contributed by atoms with E-state index in [0.29, 0.717) is 5.92 Å². The number of hydrogen-bond donors (Lipinski definition) is 1. The van der Waals surface area contributed by atoms with Crippen LogP contribution in [0.25, 0.3) is 0 Å². The van der Waals surface area contributed by atoms with Crippen LogP contribution in [0.2, 0.25) is 0 Å². The van der Waals surface area contributed by atoms with Crippen molar-refractivity contribution in [2.45, 2.75) is 33.1 Å². The highest BCUT2D eigenvalue weighted by Crippen LogP contribution is 2.32. The van der Waals surface area contributed by atoms with E-state index < -0.39 is 5.97 Å². The van der Waals surface area contributed by atoms with Crippen LogP contribution in [0.15, 0.2) is 0 Å². The minimum atomic E-state index is -0.598. The first-order valence-electron chi connectivity index (χ1n) is 5.64. The van der Waals surface area contributed by atoms with E-state index in [-0.39, 0.29) is 5.92 Å². The fourth-order valence-electron chi connectivity index (χ4n) is 2.39. The van der Waals surface area contributed by atoms with Crippen LogP contribution >= 0.6 is 0 Å². The summed E-state index contributed by atoms with van der Waals surface area (Å²) in [5.41, 5.74) is 0. The van der Waals surface area contributed by atoms with E-state index >= 15 is 0 Å². The number of carboxylic acid groups (broad SMARTS) is 1. The van der Waals surface area contributed by atoms with Gasteiger partial charge in [-0.25, -0.2) is 0 Å². The first-order valence-corrected chi connectivity index (χ1v) is 5.64. The first kappa shape index (κ1) is 11.5. The standard InChI is InChI=1S/C11H21NO2/c1-3-12(4-2)8-9-6-5-7-10(9)11(13)14/h9-10H,3-8H2,1-2H3,(H,13,14). The Morgan fingerprint density at radius 2 is 2.00 bits per heavy atom. The predicted molar refractivity (Wildman–Crippen MR) is 56.3 cm³/mol. The van der Waals surface area contributed by atoms with E-state index in [1.807, 2.05) is 0 Å². The molecule has 0 radical (unpaired) electrons. The van der Waals surface area contributed by atoms with Crippen LogP contribution in [-0.2, 0) is 4.79 Å². The molecule has 3 nitrogen and oxygen atoms in total. The normalized spacial score (nSPS) is 27.1. The molecular formula is C11H21NO2. The first-order chi connectivity index (χ1) is 6.69. The second-order valence-corrected chi connectivity index (χ2v) is 4.12. The molecule has 0 saturated heterocycles. The van der Waals surface area contributed by atoms with Gasteiger partial charge in [0.2, 0.25) is 0 Å². The molecule has 0 aromatic heterocycles. The zero-order valence-corrected chi connectivity index (χ0v) is 9.20. The van der Waals surface area contributed by atoms with Crippen molar-refractivity contribution in [3.05, 3.63) is 0 Å². The van der Waals surface area contributed by atoms with Crippen molar-refractivity contribution in [3.8, 4) is 0 Å². The Balaban J connectivity index is 2.46. The molecule has 1 saturated carbocycles. The molecule has 2 unspecified atom stereocenters. The topological polar surface area (TPSA) is 40.5 Å². The van der Waals surface area contributed by atoms with Gasteiger partial charge in [0.1, 0.15) is 0 Å². The summed E-state index contributed by atoms with van der Waals surface area (Å²) in [7, 11) is 0. The Morgan fingerprint density at radius 1 is 1.36 bits per heavy atom. The van der Waals surface area contributed by atoms with E-state index in [9.17, 15) is 4.79 Å². The van der Waals surface area contributed by atoms with Gasteiger partial charge in [-0.05, 0) is 31.8 Å². The molecule has 1 N–H and O–H groups in total. The summed E-state index contributed by atoms with van der Waals surface area (Å²) in [6.45, 7) is 7.28. The maximum Gasteiger partial charge on any atom is 0.306 e. The number of carbonyl (C=O) groups is 1. The molecule has 82 valence electrons. The van der Waals surface area contributed by atoms with Crippen molar-refractivity contribution in [2.75, 3.05) is 19.6 Å². The minimum absolute atomic E-state index is 0.0874. The monoisotopic (exact) mass is 199 g/mol. The Morgan fingerprint density at radius 3 is 2.50 bits per heavy atom. The molecule has 1 fully saturated rings. The second kappa shape index (κ2) is 5.35. The third kappa shape index (κ3) is 2.71. The molecule has 0 bridgehead atoms. The van der Waals surface area contributed by atoms with Crippen molar-refractivity contribution in [2.24, 2.45) is 11.8 Å². The molecule has 0 spiro atoms. The van der Waals surface area contributed by atoms with E-state index in [2.05, 4.69) is 18.7 Å². The summed E-state index contributed by atoms with van der Waals surface area (Å²) in [5.74, 6) is -0.303. The maximum atomic E-state index is 11.0. The molecule has 0 aliphatic heterocycles. The third-order valence-corrected chi connectivity index (χ3v) is 3.36. The molecule has 1 aliphatic carbocycles. The third-order valence-electron chi connectivity index (χ3n) is 3.36. The molecule has 0 aromatic rings. The number of rotatable bonds is 5. The lowest BCUT2D eigenvalue weighted by atomic mass is 9.95. The number of aliphatic carboxylic acids is 1. The minimum Gasteiger partial charge on any atom is -0.481 e. The van der Waals surface area contributed by atoms with E-state index in [1.165, 1.54) is 0 Å². The van der Waals surface area contributed by atoms with Crippen LogP contribution in [0, 0.1) is 11.8 Å². The molecule has 2 atom stereocenters. The largest absolute Gasteiger partial charge is 0.481 e. The van der Waals surface area contributed by atoms with Crippen LogP contribution in [0.1, 0.15) is 33.1 Å². The van der Waals surface area contributed by atoms with Gasteiger partial charge in [0.15, 0.2) is 0 Å². The van der Waals surface area contributed by atoms with Gasteiger partial charge < -0.3 is 10.0 Å². The summed E-state index contributed by atoms with van der Waals surface area (Å²) in [4.78, 5) is 13.3. The zero-order valence-electron chi connectivity index (χ0n) is 9.20. The molecule has 14 heavy (non-hydrogen) atoms. The van der Waals surface area contributed by atoms with Gasteiger partial charge in [0, 0.05) is 6.54 Å². The van der Waals surface area contributed by atoms with Crippen molar-refractivity contribution in [3.63, 3.8) is 0 Å².